The van der Waals surface area contributed by atoms with Gasteiger partial charge in [0.2, 0.25) is 5.91 Å². The van der Waals surface area contributed by atoms with Gasteiger partial charge in [0.1, 0.15) is 0 Å². The van der Waals surface area contributed by atoms with Gasteiger partial charge in [-0.3, -0.25) is 9.59 Å². The number of nitrogens with zero attached hydrogens (tertiary/aromatic N) is 1. The van der Waals surface area contributed by atoms with E-state index in [0.717, 1.165) is 6.42 Å². The molecule has 1 heterocycles. The normalized spacial score (nSPS) is 26.8. The van der Waals surface area contributed by atoms with E-state index < -0.39 is 17.9 Å². The van der Waals surface area contributed by atoms with Gasteiger partial charge in [0, 0.05) is 12.6 Å². The SMILES string of the molecule is CCCC(N)C(=O)N1CCC(C(=O)O)C1C. The van der Waals surface area contributed by atoms with Gasteiger partial charge in [-0.05, 0) is 19.8 Å². The second kappa shape index (κ2) is 5.30. The van der Waals surface area contributed by atoms with E-state index in [2.05, 4.69) is 0 Å². The Morgan fingerprint density at radius 1 is 1.56 bits per heavy atom. The second-order valence-electron chi connectivity index (χ2n) is 4.40. The fraction of sp³-hybridized carbons (Fsp3) is 0.818. The van der Waals surface area contributed by atoms with Crippen LogP contribution in [0, 0.1) is 5.92 Å². The number of rotatable bonds is 4. The lowest BCUT2D eigenvalue weighted by Gasteiger charge is -2.26. The van der Waals surface area contributed by atoms with Gasteiger partial charge < -0.3 is 15.7 Å². The first-order chi connectivity index (χ1) is 7.49. The number of hydrogen-bond acceptors (Lipinski definition) is 3. The summed E-state index contributed by atoms with van der Waals surface area (Å²) in [6.07, 6.45) is 2.04. The third-order valence-electron chi connectivity index (χ3n) is 3.27. The number of carboxylic acids is 1. The zero-order valence-electron chi connectivity index (χ0n) is 9.85. The molecule has 5 heteroatoms. The van der Waals surface area contributed by atoms with E-state index in [1.807, 2.05) is 6.92 Å². The van der Waals surface area contributed by atoms with E-state index in [0.29, 0.717) is 19.4 Å². The number of amides is 1. The maximum Gasteiger partial charge on any atom is 0.308 e. The molecule has 0 aliphatic carbocycles. The van der Waals surface area contributed by atoms with Gasteiger partial charge in [-0.1, -0.05) is 13.3 Å². The van der Waals surface area contributed by atoms with Gasteiger partial charge in [0.05, 0.1) is 12.0 Å². The van der Waals surface area contributed by atoms with Crippen LogP contribution in [0.4, 0.5) is 0 Å². The standard InChI is InChI=1S/C11H20N2O3/c1-3-4-9(12)10(14)13-6-5-8(7(13)2)11(15)16/h7-9H,3-6,12H2,1-2H3,(H,15,16). The maximum atomic E-state index is 11.9. The van der Waals surface area contributed by atoms with Crippen molar-refractivity contribution in [2.24, 2.45) is 11.7 Å². The number of carbonyl (C=O) groups is 2. The summed E-state index contributed by atoms with van der Waals surface area (Å²) >= 11 is 0. The van der Waals surface area contributed by atoms with Gasteiger partial charge in [-0.2, -0.15) is 0 Å². The third kappa shape index (κ3) is 2.52. The van der Waals surface area contributed by atoms with Crippen LogP contribution in [0.25, 0.3) is 0 Å². The van der Waals surface area contributed by atoms with Crippen LogP contribution in [0.2, 0.25) is 0 Å². The minimum absolute atomic E-state index is 0.113. The van der Waals surface area contributed by atoms with Crippen molar-refractivity contribution in [1.29, 1.82) is 0 Å². The summed E-state index contributed by atoms with van der Waals surface area (Å²) in [4.78, 5) is 24.4. The molecule has 0 aromatic carbocycles. The van der Waals surface area contributed by atoms with Crippen LogP contribution in [0.5, 0.6) is 0 Å². The molecule has 0 aromatic heterocycles. The summed E-state index contributed by atoms with van der Waals surface area (Å²) in [6, 6.07) is -0.729. The molecule has 1 aliphatic rings. The summed E-state index contributed by atoms with van der Waals surface area (Å²) < 4.78 is 0. The smallest absolute Gasteiger partial charge is 0.308 e. The molecule has 3 unspecified atom stereocenters. The summed E-state index contributed by atoms with van der Waals surface area (Å²) in [5.41, 5.74) is 5.75. The predicted molar refractivity (Wildman–Crippen MR) is 59.8 cm³/mol. The van der Waals surface area contributed by atoms with Crippen molar-refractivity contribution in [3.05, 3.63) is 0 Å². The monoisotopic (exact) mass is 228 g/mol. The van der Waals surface area contributed by atoms with Crippen LogP contribution < -0.4 is 5.73 Å². The number of hydrogen-bond donors (Lipinski definition) is 2. The molecule has 3 atom stereocenters. The van der Waals surface area contributed by atoms with E-state index in [9.17, 15) is 9.59 Å². The van der Waals surface area contributed by atoms with Gasteiger partial charge in [0.25, 0.3) is 0 Å². The molecule has 1 amide bonds. The van der Waals surface area contributed by atoms with Crippen LogP contribution >= 0.6 is 0 Å². The molecule has 0 aromatic rings. The minimum atomic E-state index is -0.827. The van der Waals surface area contributed by atoms with E-state index >= 15 is 0 Å². The Morgan fingerprint density at radius 2 is 2.19 bits per heavy atom. The highest BCUT2D eigenvalue weighted by atomic mass is 16.4. The molecule has 16 heavy (non-hydrogen) atoms. The van der Waals surface area contributed by atoms with Gasteiger partial charge in [-0.15, -0.1) is 0 Å². The molecule has 0 saturated carbocycles. The van der Waals surface area contributed by atoms with Crippen molar-refractivity contribution in [3.63, 3.8) is 0 Å². The predicted octanol–water partition coefficient (Wildman–Crippen LogP) is 0.435. The lowest BCUT2D eigenvalue weighted by Crippen LogP contribution is -2.46. The lowest BCUT2D eigenvalue weighted by molar-refractivity contribution is -0.143. The quantitative estimate of drug-likeness (QED) is 0.731. The highest BCUT2D eigenvalue weighted by Gasteiger charge is 2.39. The Bertz CT molecular complexity index is 280. The van der Waals surface area contributed by atoms with Gasteiger partial charge in [-0.25, -0.2) is 0 Å². The van der Waals surface area contributed by atoms with E-state index in [1.54, 1.807) is 11.8 Å². The average molecular weight is 228 g/mol. The van der Waals surface area contributed by atoms with Crippen LogP contribution in [0.3, 0.4) is 0 Å². The van der Waals surface area contributed by atoms with Crippen molar-refractivity contribution in [3.8, 4) is 0 Å². The average Bonchev–Trinajstić information content (AvgIpc) is 2.59. The Morgan fingerprint density at radius 3 is 2.62 bits per heavy atom. The fourth-order valence-corrected chi connectivity index (χ4v) is 2.23. The van der Waals surface area contributed by atoms with Gasteiger partial charge in [0.15, 0.2) is 0 Å². The fourth-order valence-electron chi connectivity index (χ4n) is 2.23. The number of likely N-dealkylation sites (tertiary alicyclic amines) is 1. The van der Waals surface area contributed by atoms with Crippen LogP contribution in [0.1, 0.15) is 33.1 Å². The summed E-state index contributed by atoms with van der Waals surface area (Å²) in [5.74, 6) is -1.39. The molecule has 5 nitrogen and oxygen atoms in total. The summed E-state index contributed by atoms with van der Waals surface area (Å²) in [5, 5.41) is 8.96. The minimum Gasteiger partial charge on any atom is -0.481 e. The Balaban J connectivity index is 2.62. The number of aliphatic carboxylic acids is 1. The molecule has 0 radical (unpaired) electrons. The Hall–Kier alpha value is -1.10. The van der Waals surface area contributed by atoms with E-state index in [-0.39, 0.29) is 11.9 Å². The van der Waals surface area contributed by atoms with Crippen molar-refractivity contribution < 1.29 is 14.7 Å². The van der Waals surface area contributed by atoms with Crippen molar-refractivity contribution in [2.75, 3.05) is 6.54 Å². The molecule has 1 rings (SSSR count). The van der Waals surface area contributed by atoms with Crippen LogP contribution in [0.15, 0.2) is 0 Å². The maximum absolute atomic E-state index is 11.9. The first-order valence-corrected chi connectivity index (χ1v) is 5.77. The molecule has 1 fully saturated rings. The van der Waals surface area contributed by atoms with E-state index in [4.69, 9.17) is 10.8 Å². The first-order valence-electron chi connectivity index (χ1n) is 5.77. The van der Waals surface area contributed by atoms with E-state index in [1.165, 1.54) is 0 Å². The summed E-state index contributed by atoms with van der Waals surface area (Å²) in [6.45, 7) is 4.26. The van der Waals surface area contributed by atoms with Crippen molar-refractivity contribution in [1.82, 2.24) is 4.90 Å². The molecule has 3 N–H and O–H groups in total. The second-order valence-corrected chi connectivity index (χ2v) is 4.40. The van der Waals surface area contributed by atoms with Crippen molar-refractivity contribution >= 4 is 11.9 Å². The topological polar surface area (TPSA) is 83.6 Å². The van der Waals surface area contributed by atoms with Crippen LogP contribution in [-0.2, 0) is 9.59 Å². The molecule has 92 valence electrons. The molecule has 1 saturated heterocycles. The number of nitrogens with two attached hydrogens (primary N) is 1. The highest BCUT2D eigenvalue weighted by molar-refractivity contribution is 5.83. The number of carboxylic acid groups (broad SMARTS) is 1. The molecule has 0 spiro atoms. The van der Waals surface area contributed by atoms with Crippen molar-refractivity contribution in [2.45, 2.75) is 45.2 Å². The molecular weight excluding hydrogens is 208 g/mol. The zero-order valence-corrected chi connectivity index (χ0v) is 9.85. The Labute approximate surface area is 95.6 Å². The zero-order chi connectivity index (χ0) is 12.3. The molecule has 1 aliphatic heterocycles. The van der Waals surface area contributed by atoms with Gasteiger partial charge >= 0.3 is 5.97 Å². The first kappa shape index (κ1) is 13.0. The largest absolute Gasteiger partial charge is 0.481 e. The molecule has 0 bridgehead atoms. The Kier molecular flexibility index (Phi) is 4.29. The number of carbonyl (C=O) groups excluding carboxylic acids is 1. The summed E-state index contributed by atoms with van der Waals surface area (Å²) in [7, 11) is 0. The highest BCUT2D eigenvalue weighted by Crippen LogP contribution is 2.25. The van der Waals surface area contributed by atoms with Crippen LogP contribution in [-0.4, -0.2) is 40.5 Å². The molecular formula is C11H20N2O3. The third-order valence-corrected chi connectivity index (χ3v) is 3.27. The lowest BCUT2D eigenvalue weighted by atomic mass is 10.0.